The van der Waals surface area contributed by atoms with Crippen LogP contribution in [0.1, 0.15) is 44.2 Å². The number of hydrogen-bond acceptors (Lipinski definition) is 5. The molecule has 0 spiro atoms. The van der Waals surface area contributed by atoms with Crippen LogP contribution in [0, 0.1) is 0 Å². The maximum absolute atomic E-state index is 10.8. The van der Waals surface area contributed by atoms with Crippen molar-refractivity contribution in [2.24, 2.45) is 5.73 Å². The number of ether oxygens (including phenoxy) is 3. The Kier molecular flexibility index (Phi) is 9.26. The van der Waals surface area contributed by atoms with Gasteiger partial charge in [0.15, 0.2) is 0 Å². The molecule has 0 aliphatic carbocycles. The van der Waals surface area contributed by atoms with Crippen molar-refractivity contribution in [2.45, 2.75) is 38.6 Å². The minimum absolute atomic E-state index is 0.0218. The molecule has 0 radical (unpaired) electrons. The van der Waals surface area contributed by atoms with Crippen LogP contribution in [0.4, 0.5) is 0 Å². The molecular formula is C17H27NO4. The SMILES string of the molecule is COC(=O)COCCCCCCOc1cccc(C(C)N)c1. The van der Waals surface area contributed by atoms with Crippen LogP contribution in [0.5, 0.6) is 5.75 Å². The summed E-state index contributed by atoms with van der Waals surface area (Å²) in [6.07, 6.45) is 4.08. The first-order chi connectivity index (χ1) is 10.6. The van der Waals surface area contributed by atoms with Crippen molar-refractivity contribution in [3.05, 3.63) is 29.8 Å². The Morgan fingerprint density at radius 2 is 1.91 bits per heavy atom. The molecule has 1 rings (SSSR count). The topological polar surface area (TPSA) is 70.8 Å². The fourth-order valence-electron chi connectivity index (χ4n) is 1.95. The number of unbranched alkanes of at least 4 members (excludes halogenated alkanes) is 3. The fourth-order valence-corrected chi connectivity index (χ4v) is 1.95. The molecule has 124 valence electrons. The minimum atomic E-state index is -0.331. The van der Waals surface area contributed by atoms with E-state index < -0.39 is 0 Å². The van der Waals surface area contributed by atoms with Crippen molar-refractivity contribution < 1.29 is 19.0 Å². The van der Waals surface area contributed by atoms with Crippen LogP contribution in [0.25, 0.3) is 0 Å². The van der Waals surface area contributed by atoms with Gasteiger partial charge in [-0.3, -0.25) is 0 Å². The molecule has 0 aliphatic rings. The first-order valence-corrected chi connectivity index (χ1v) is 7.76. The van der Waals surface area contributed by atoms with Gasteiger partial charge in [0.2, 0.25) is 0 Å². The Bertz CT molecular complexity index is 434. The summed E-state index contributed by atoms with van der Waals surface area (Å²) >= 11 is 0. The first kappa shape index (κ1) is 18.5. The number of hydrogen-bond donors (Lipinski definition) is 1. The van der Waals surface area contributed by atoms with Crippen molar-refractivity contribution >= 4 is 5.97 Å². The van der Waals surface area contributed by atoms with E-state index in [2.05, 4.69) is 4.74 Å². The fraction of sp³-hybridized carbons (Fsp3) is 0.588. The maximum atomic E-state index is 10.8. The van der Waals surface area contributed by atoms with E-state index in [0.29, 0.717) is 13.2 Å². The van der Waals surface area contributed by atoms with Crippen LogP contribution in [0.15, 0.2) is 24.3 Å². The van der Waals surface area contributed by atoms with Crippen LogP contribution >= 0.6 is 0 Å². The molecular weight excluding hydrogens is 282 g/mol. The second-order valence-electron chi connectivity index (χ2n) is 5.25. The highest BCUT2D eigenvalue weighted by atomic mass is 16.6. The number of rotatable bonds is 11. The molecule has 1 aromatic carbocycles. The Balaban J connectivity index is 2.02. The summed E-state index contributed by atoms with van der Waals surface area (Å²) in [6.45, 7) is 3.29. The molecule has 22 heavy (non-hydrogen) atoms. The molecule has 0 amide bonds. The zero-order valence-electron chi connectivity index (χ0n) is 13.5. The normalized spacial score (nSPS) is 12.0. The van der Waals surface area contributed by atoms with Crippen LogP contribution in [-0.4, -0.2) is 32.9 Å². The average Bonchev–Trinajstić information content (AvgIpc) is 2.53. The average molecular weight is 309 g/mol. The van der Waals surface area contributed by atoms with Gasteiger partial charge in [-0.1, -0.05) is 18.6 Å². The van der Waals surface area contributed by atoms with Crippen LogP contribution in [0.2, 0.25) is 0 Å². The van der Waals surface area contributed by atoms with Gasteiger partial charge in [0.25, 0.3) is 0 Å². The van der Waals surface area contributed by atoms with E-state index in [9.17, 15) is 4.79 Å². The van der Waals surface area contributed by atoms with Gasteiger partial charge in [0.05, 0.1) is 13.7 Å². The van der Waals surface area contributed by atoms with Gasteiger partial charge in [-0.2, -0.15) is 0 Å². The van der Waals surface area contributed by atoms with Gasteiger partial charge < -0.3 is 19.9 Å². The highest BCUT2D eigenvalue weighted by molar-refractivity contribution is 5.70. The monoisotopic (exact) mass is 309 g/mol. The van der Waals surface area contributed by atoms with Crippen molar-refractivity contribution in [3.8, 4) is 5.75 Å². The van der Waals surface area contributed by atoms with E-state index in [1.165, 1.54) is 7.11 Å². The summed E-state index contributed by atoms with van der Waals surface area (Å²) in [6, 6.07) is 7.93. The predicted molar refractivity (Wildman–Crippen MR) is 85.8 cm³/mol. The van der Waals surface area contributed by atoms with Crippen molar-refractivity contribution in [2.75, 3.05) is 26.9 Å². The summed E-state index contributed by atoms with van der Waals surface area (Å²) < 4.78 is 15.4. The summed E-state index contributed by atoms with van der Waals surface area (Å²) in [4.78, 5) is 10.8. The molecule has 0 saturated heterocycles. The second-order valence-corrected chi connectivity index (χ2v) is 5.25. The predicted octanol–water partition coefficient (Wildman–Crippen LogP) is 2.84. The number of carbonyl (C=O) groups is 1. The van der Waals surface area contributed by atoms with Crippen molar-refractivity contribution in [3.63, 3.8) is 0 Å². The number of carbonyl (C=O) groups excluding carboxylic acids is 1. The van der Waals surface area contributed by atoms with Crippen LogP contribution in [-0.2, 0) is 14.3 Å². The first-order valence-electron chi connectivity index (χ1n) is 7.76. The summed E-state index contributed by atoms with van der Waals surface area (Å²) in [5.74, 6) is 0.540. The highest BCUT2D eigenvalue weighted by Gasteiger charge is 2.01. The number of methoxy groups -OCH3 is 1. The van der Waals surface area contributed by atoms with Crippen LogP contribution in [0.3, 0.4) is 0 Å². The molecule has 5 heteroatoms. The highest BCUT2D eigenvalue weighted by Crippen LogP contribution is 2.17. The van der Waals surface area contributed by atoms with Crippen molar-refractivity contribution in [1.82, 2.24) is 0 Å². The third-order valence-corrected chi connectivity index (χ3v) is 3.28. The van der Waals surface area contributed by atoms with E-state index in [-0.39, 0.29) is 18.6 Å². The van der Waals surface area contributed by atoms with E-state index in [4.69, 9.17) is 15.2 Å². The van der Waals surface area contributed by atoms with E-state index in [1.54, 1.807) is 0 Å². The quantitative estimate of drug-likeness (QED) is 0.503. The Morgan fingerprint density at radius 1 is 1.18 bits per heavy atom. The van der Waals surface area contributed by atoms with E-state index >= 15 is 0 Å². The number of esters is 1. The molecule has 1 aromatic rings. The van der Waals surface area contributed by atoms with Gasteiger partial charge in [0, 0.05) is 12.6 Å². The van der Waals surface area contributed by atoms with Crippen molar-refractivity contribution in [1.29, 1.82) is 0 Å². The molecule has 1 atom stereocenters. The van der Waals surface area contributed by atoms with E-state index in [1.807, 2.05) is 31.2 Å². The molecule has 1 unspecified atom stereocenters. The smallest absolute Gasteiger partial charge is 0.331 e. The Hall–Kier alpha value is -1.59. The summed E-state index contributed by atoms with van der Waals surface area (Å²) in [7, 11) is 1.36. The maximum Gasteiger partial charge on any atom is 0.331 e. The summed E-state index contributed by atoms with van der Waals surface area (Å²) in [5.41, 5.74) is 6.93. The third kappa shape index (κ3) is 8.00. The molecule has 2 N–H and O–H groups in total. The van der Waals surface area contributed by atoms with E-state index in [0.717, 1.165) is 37.0 Å². The third-order valence-electron chi connectivity index (χ3n) is 3.28. The largest absolute Gasteiger partial charge is 0.494 e. The Morgan fingerprint density at radius 3 is 2.59 bits per heavy atom. The summed E-state index contributed by atoms with van der Waals surface area (Å²) in [5, 5.41) is 0. The lowest BCUT2D eigenvalue weighted by molar-refractivity contribution is -0.145. The molecule has 0 aromatic heterocycles. The molecule has 0 saturated carbocycles. The molecule has 0 heterocycles. The molecule has 0 fully saturated rings. The molecule has 5 nitrogen and oxygen atoms in total. The minimum Gasteiger partial charge on any atom is -0.494 e. The lowest BCUT2D eigenvalue weighted by Crippen LogP contribution is -2.10. The lowest BCUT2D eigenvalue weighted by Gasteiger charge is -2.10. The zero-order chi connectivity index (χ0) is 16.2. The second kappa shape index (κ2) is 11.0. The standard InChI is InChI=1S/C17H27NO4/c1-14(18)15-8-7-9-16(12-15)22-11-6-4-3-5-10-21-13-17(19)20-2/h7-9,12,14H,3-6,10-11,13,18H2,1-2H3. The van der Waals surface area contributed by atoms with Gasteiger partial charge in [-0.15, -0.1) is 0 Å². The van der Waals surface area contributed by atoms with Gasteiger partial charge >= 0.3 is 5.97 Å². The molecule has 0 bridgehead atoms. The van der Waals surface area contributed by atoms with Crippen LogP contribution < -0.4 is 10.5 Å². The zero-order valence-corrected chi connectivity index (χ0v) is 13.5. The lowest BCUT2D eigenvalue weighted by atomic mass is 10.1. The molecule has 0 aliphatic heterocycles. The number of nitrogens with two attached hydrogens (primary N) is 1. The Labute approximate surface area is 132 Å². The van der Waals surface area contributed by atoms with Gasteiger partial charge in [-0.25, -0.2) is 4.79 Å². The number of benzene rings is 1. The van der Waals surface area contributed by atoms with Gasteiger partial charge in [-0.05, 0) is 43.9 Å². The van der Waals surface area contributed by atoms with Gasteiger partial charge in [0.1, 0.15) is 12.4 Å².